The van der Waals surface area contributed by atoms with Crippen molar-refractivity contribution in [3.8, 4) is 11.1 Å². The molecule has 0 unspecified atom stereocenters. The Kier molecular flexibility index (Phi) is 7.23. The number of carbonyl (C=O) groups is 2. The van der Waals surface area contributed by atoms with Gasteiger partial charge in [0.15, 0.2) is 0 Å². The van der Waals surface area contributed by atoms with E-state index in [0.717, 1.165) is 31.9 Å². The summed E-state index contributed by atoms with van der Waals surface area (Å²) < 4.78 is 21.5. The Labute approximate surface area is 250 Å². The van der Waals surface area contributed by atoms with Crippen molar-refractivity contribution in [3.05, 3.63) is 109 Å². The first-order chi connectivity index (χ1) is 20.6. The fraction of sp³-hybridized carbons (Fsp3) is 0.258. The average Bonchev–Trinajstić information content (AvgIpc) is 3.49. The number of ether oxygens (including phenoxy) is 1. The Bertz CT molecular complexity index is 1920. The van der Waals surface area contributed by atoms with E-state index in [2.05, 4.69) is 15.6 Å². The molecule has 0 fully saturated rings. The van der Waals surface area contributed by atoms with Crippen molar-refractivity contribution in [1.82, 2.24) is 14.1 Å². The molecule has 0 saturated carbocycles. The SMILES string of the molecule is COC[C@H](C)n1c(=O)c(-c2cccc(F)c2Cl)cn(CC(=O)Nc2ccc3c(c2)C[C@@]2(C3)C(=O)Nc3ncccc32)c1=O. The third-order valence-electron chi connectivity index (χ3n) is 8.05. The standard InChI is InChI=1S/C31H27ClFN5O5/c1-17(16-43-2)38-28(40)22(21-5-3-7-24(33)26(21)32)14-37(30(38)42)15-25(39)35-20-9-8-18-12-31(13-19(18)11-20)23-6-4-10-34-27(23)36-29(31)41/h3-11,14,17H,12-13,15-16H2,1-2H3,(H,35,39)(H,34,36,41)/t17-,31+/m0/s1. The van der Waals surface area contributed by atoms with Crippen LogP contribution in [0.1, 0.15) is 29.7 Å². The lowest BCUT2D eigenvalue weighted by molar-refractivity contribution is -0.120. The summed E-state index contributed by atoms with van der Waals surface area (Å²) in [4.78, 5) is 57.3. The first kappa shape index (κ1) is 28.5. The molecule has 2 N–H and O–H groups in total. The quantitative estimate of drug-likeness (QED) is 0.332. The Balaban J connectivity index is 1.29. The molecule has 43 heavy (non-hydrogen) atoms. The van der Waals surface area contributed by atoms with E-state index in [1.807, 2.05) is 24.3 Å². The second-order valence-electron chi connectivity index (χ2n) is 10.9. The van der Waals surface area contributed by atoms with Crippen molar-refractivity contribution in [2.24, 2.45) is 0 Å². The Morgan fingerprint density at radius 2 is 1.93 bits per heavy atom. The molecule has 2 amide bonds. The number of aromatic nitrogens is 3. The number of hydrogen-bond acceptors (Lipinski definition) is 6. The van der Waals surface area contributed by atoms with Crippen LogP contribution in [0.25, 0.3) is 11.1 Å². The van der Waals surface area contributed by atoms with Crippen molar-refractivity contribution >= 4 is 34.9 Å². The maximum atomic E-state index is 14.3. The van der Waals surface area contributed by atoms with E-state index in [1.165, 1.54) is 25.4 Å². The van der Waals surface area contributed by atoms with Crippen molar-refractivity contribution in [2.45, 2.75) is 37.8 Å². The smallest absolute Gasteiger partial charge is 0.331 e. The highest BCUT2D eigenvalue weighted by Crippen LogP contribution is 2.46. The molecule has 6 rings (SSSR count). The highest BCUT2D eigenvalue weighted by atomic mass is 35.5. The van der Waals surface area contributed by atoms with E-state index in [1.54, 1.807) is 19.2 Å². The largest absolute Gasteiger partial charge is 0.383 e. The van der Waals surface area contributed by atoms with Gasteiger partial charge in [0.25, 0.3) is 5.56 Å². The summed E-state index contributed by atoms with van der Waals surface area (Å²) in [6.07, 6.45) is 3.83. The summed E-state index contributed by atoms with van der Waals surface area (Å²) in [5.41, 5.74) is 1.18. The molecule has 2 aromatic carbocycles. The summed E-state index contributed by atoms with van der Waals surface area (Å²) in [6, 6.07) is 12.5. The molecular formula is C31H27ClFN5O5. The Morgan fingerprint density at radius 3 is 2.72 bits per heavy atom. The third-order valence-corrected chi connectivity index (χ3v) is 8.44. The maximum Gasteiger partial charge on any atom is 0.331 e. The summed E-state index contributed by atoms with van der Waals surface area (Å²) in [5, 5.41) is 5.42. The zero-order valence-corrected chi connectivity index (χ0v) is 24.1. The zero-order chi connectivity index (χ0) is 30.5. The number of nitrogens with zero attached hydrogens (tertiary/aromatic N) is 3. The van der Waals surface area contributed by atoms with E-state index < -0.39 is 41.0 Å². The molecule has 2 atom stereocenters. The van der Waals surface area contributed by atoms with Crippen LogP contribution in [0.4, 0.5) is 15.9 Å². The van der Waals surface area contributed by atoms with Crippen LogP contribution >= 0.6 is 11.6 Å². The molecule has 0 saturated heterocycles. The van der Waals surface area contributed by atoms with Gasteiger partial charge in [0.1, 0.15) is 18.2 Å². The summed E-state index contributed by atoms with van der Waals surface area (Å²) in [7, 11) is 1.44. The van der Waals surface area contributed by atoms with Gasteiger partial charge in [-0.15, -0.1) is 0 Å². The van der Waals surface area contributed by atoms with Gasteiger partial charge in [-0.3, -0.25) is 23.5 Å². The number of amides is 2. The molecule has 2 aliphatic rings. The number of methoxy groups -OCH3 is 1. The number of nitrogens with one attached hydrogen (secondary N) is 2. The maximum absolute atomic E-state index is 14.3. The summed E-state index contributed by atoms with van der Waals surface area (Å²) >= 11 is 6.18. The number of carbonyl (C=O) groups excluding carboxylic acids is 2. The van der Waals surface area contributed by atoms with Gasteiger partial charge >= 0.3 is 5.69 Å². The third kappa shape index (κ3) is 4.84. The number of anilines is 2. The van der Waals surface area contributed by atoms with Gasteiger partial charge in [-0.25, -0.2) is 14.2 Å². The minimum absolute atomic E-state index is 0.0349. The lowest BCUT2D eigenvalue weighted by atomic mass is 9.79. The number of fused-ring (bicyclic) bond motifs is 3. The van der Waals surface area contributed by atoms with Gasteiger partial charge in [0.05, 0.1) is 28.6 Å². The van der Waals surface area contributed by atoms with Gasteiger partial charge < -0.3 is 15.4 Å². The molecule has 1 aliphatic heterocycles. The average molecular weight is 604 g/mol. The molecule has 0 bridgehead atoms. The number of hydrogen-bond donors (Lipinski definition) is 2. The van der Waals surface area contributed by atoms with E-state index in [-0.39, 0.29) is 28.7 Å². The molecule has 12 heteroatoms. The van der Waals surface area contributed by atoms with Gasteiger partial charge in [0, 0.05) is 36.3 Å². The number of rotatable bonds is 7. The van der Waals surface area contributed by atoms with Crippen LogP contribution in [0.2, 0.25) is 5.02 Å². The van der Waals surface area contributed by atoms with Crippen LogP contribution < -0.4 is 21.9 Å². The van der Waals surface area contributed by atoms with E-state index in [4.69, 9.17) is 16.3 Å². The lowest BCUT2D eigenvalue weighted by Crippen LogP contribution is -2.44. The molecule has 1 aliphatic carbocycles. The number of halogens is 2. The molecule has 0 radical (unpaired) electrons. The lowest BCUT2D eigenvalue weighted by Gasteiger charge is -2.20. The topological polar surface area (TPSA) is 124 Å². The monoisotopic (exact) mass is 603 g/mol. The second-order valence-corrected chi connectivity index (χ2v) is 11.2. The van der Waals surface area contributed by atoms with Crippen LogP contribution in [0.3, 0.4) is 0 Å². The fourth-order valence-electron chi connectivity index (χ4n) is 6.04. The number of pyridine rings is 1. The van der Waals surface area contributed by atoms with Gasteiger partial charge in [0.2, 0.25) is 11.8 Å². The Hall–Kier alpha value is -4.61. The highest BCUT2D eigenvalue weighted by molar-refractivity contribution is 6.33. The number of benzene rings is 2. The van der Waals surface area contributed by atoms with Gasteiger partial charge in [-0.2, -0.15) is 0 Å². The summed E-state index contributed by atoms with van der Waals surface area (Å²) in [5.74, 6) is -0.781. The first-order valence-electron chi connectivity index (χ1n) is 13.6. The second kappa shape index (κ2) is 10.9. The van der Waals surface area contributed by atoms with Gasteiger partial charge in [-0.1, -0.05) is 35.9 Å². The summed E-state index contributed by atoms with van der Waals surface area (Å²) in [6.45, 7) is 1.25. The minimum atomic E-state index is -0.747. The van der Waals surface area contributed by atoms with Crippen molar-refractivity contribution < 1.29 is 18.7 Å². The fourth-order valence-corrected chi connectivity index (χ4v) is 6.26. The molecule has 10 nitrogen and oxygen atoms in total. The predicted octanol–water partition coefficient (Wildman–Crippen LogP) is 3.70. The van der Waals surface area contributed by atoms with Gasteiger partial charge in [-0.05, 0) is 55.2 Å². The van der Waals surface area contributed by atoms with Crippen LogP contribution in [-0.4, -0.2) is 39.6 Å². The molecule has 3 heterocycles. The van der Waals surface area contributed by atoms with Crippen molar-refractivity contribution in [3.63, 3.8) is 0 Å². The normalized spacial score (nSPS) is 17.4. The van der Waals surface area contributed by atoms with E-state index in [9.17, 15) is 23.6 Å². The van der Waals surface area contributed by atoms with Crippen LogP contribution in [0.5, 0.6) is 0 Å². The van der Waals surface area contributed by atoms with Crippen molar-refractivity contribution in [2.75, 3.05) is 24.4 Å². The van der Waals surface area contributed by atoms with Crippen LogP contribution in [0.15, 0.2) is 70.5 Å². The molecular weight excluding hydrogens is 577 g/mol. The predicted molar refractivity (Wildman–Crippen MR) is 159 cm³/mol. The molecule has 2 aromatic heterocycles. The van der Waals surface area contributed by atoms with Crippen LogP contribution in [-0.2, 0) is 39.1 Å². The minimum Gasteiger partial charge on any atom is -0.383 e. The van der Waals surface area contributed by atoms with Crippen molar-refractivity contribution in [1.29, 1.82) is 0 Å². The van der Waals surface area contributed by atoms with E-state index >= 15 is 0 Å². The highest BCUT2D eigenvalue weighted by Gasteiger charge is 2.51. The molecule has 1 spiro atoms. The van der Waals surface area contributed by atoms with Crippen LogP contribution in [0, 0.1) is 5.82 Å². The molecule has 4 aromatic rings. The first-order valence-corrected chi connectivity index (χ1v) is 14.0. The van der Waals surface area contributed by atoms with E-state index in [0.29, 0.717) is 24.3 Å². The zero-order valence-electron chi connectivity index (χ0n) is 23.3. The Morgan fingerprint density at radius 1 is 1.14 bits per heavy atom. The molecule has 220 valence electrons.